The molecule has 0 saturated heterocycles. The Morgan fingerprint density at radius 1 is 1.30 bits per heavy atom. The van der Waals surface area contributed by atoms with E-state index in [0.29, 0.717) is 28.7 Å². The molecular weight excluding hydrogens is 408 g/mol. The van der Waals surface area contributed by atoms with Gasteiger partial charge < -0.3 is 15.0 Å². The number of carbonyl (C=O) groups excluding carboxylic acids is 1. The number of rotatable bonds is 9. The molecule has 30 heavy (non-hydrogen) atoms. The van der Waals surface area contributed by atoms with Crippen LogP contribution in [0, 0.1) is 23.5 Å². The number of H-pyrrole nitrogens is 1. The lowest BCUT2D eigenvalue weighted by molar-refractivity contribution is 0.103. The number of hydrogen-bond acceptors (Lipinski definition) is 6. The summed E-state index contributed by atoms with van der Waals surface area (Å²) >= 11 is 1.31. The number of halogens is 2. The summed E-state index contributed by atoms with van der Waals surface area (Å²) in [6.45, 7) is 4.82. The quantitative estimate of drug-likeness (QED) is 0.327. The number of fused-ring (bicyclic) bond motifs is 1. The van der Waals surface area contributed by atoms with E-state index in [2.05, 4.69) is 25.0 Å². The van der Waals surface area contributed by atoms with Gasteiger partial charge in [0.1, 0.15) is 23.6 Å². The summed E-state index contributed by atoms with van der Waals surface area (Å²) < 4.78 is 32.5. The molecule has 158 valence electrons. The zero-order chi connectivity index (χ0) is 21.3. The van der Waals surface area contributed by atoms with Gasteiger partial charge in [0, 0.05) is 18.5 Å². The van der Waals surface area contributed by atoms with E-state index in [0.717, 1.165) is 31.2 Å². The maximum absolute atomic E-state index is 15.1. The second-order valence-electron chi connectivity index (χ2n) is 7.89. The fourth-order valence-corrected chi connectivity index (χ4v) is 3.83. The molecule has 0 aliphatic heterocycles. The van der Waals surface area contributed by atoms with Crippen molar-refractivity contribution in [3.05, 3.63) is 47.4 Å². The fraction of sp³-hybridized carbons (Fsp3) is 0.381. The fourth-order valence-electron chi connectivity index (χ4n) is 3.10. The topological polar surface area (TPSA) is 82.7 Å². The molecule has 1 fully saturated rings. The molecule has 9 heteroatoms. The van der Waals surface area contributed by atoms with Crippen molar-refractivity contribution in [3.8, 4) is 0 Å². The van der Waals surface area contributed by atoms with Crippen molar-refractivity contribution in [2.45, 2.75) is 26.7 Å². The number of aromatic nitrogens is 3. The molecule has 2 aromatic heterocycles. The minimum atomic E-state index is -0.907. The van der Waals surface area contributed by atoms with Crippen LogP contribution in [0.3, 0.4) is 0 Å². The van der Waals surface area contributed by atoms with Crippen LogP contribution in [0.4, 0.5) is 20.3 Å². The molecule has 4 rings (SSSR count). The summed E-state index contributed by atoms with van der Waals surface area (Å²) in [5.74, 6) is -0.341. The minimum Gasteiger partial charge on any atom is -0.369 e. The standard InChI is InChI=1S/C21H23F2N5OS/c1-11(2)9-30-28-15-6-5-14(22)17(18(15)23)19(29)13-8-25-21-16(13)20(26-10-27-21)24-7-12-3-4-12/h5-6,8,10-12,28H,3-4,7,9H2,1-2H3,(H2,24,25,26,27). The highest BCUT2D eigenvalue weighted by molar-refractivity contribution is 8.00. The Balaban J connectivity index is 1.68. The average Bonchev–Trinajstić information content (AvgIpc) is 3.44. The third-order valence-electron chi connectivity index (χ3n) is 4.89. The van der Waals surface area contributed by atoms with Crippen LogP contribution in [0.2, 0.25) is 0 Å². The summed E-state index contributed by atoms with van der Waals surface area (Å²) in [6, 6.07) is 2.40. The highest BCUT2D eigenvalue weighted by atomic mass is 32.2. The van der Waals surface area contributed by atoms with Crippen molar-refractivity contribution in [2.75, 3.05) is 22.3 Å². The monoisotopic (exact) mass is 431 g/mol. The summed E-state index contributed by atoms with van der Waals surface area (Å²) in [7, 11) is 0. The van der Waals surface area contributed by atoms with Gasteiger partial charge in [-0.05, 0) is 36.8 Å². The molecular formula is C21H23F2N5OS. The van der Waals surface area contributed by atoms with Gasteiger partial charge in [0.15, 0.2) is 5.82 Å². The number of benzene rings is 1. The third-order valence-corrected chi connectivity index (χ3v) is 6.08. The summed E-state index contributed by atoms with van der Waals surface area (Å²) in [5.41, 5.74) is 0.0551. The molecule has 3 N–H and O–H groups in total. The van der Waals surface area contributed by atoms with E-state index < -0.39 is 23.0 Å². The predicted molar refractivity (Wildman–Crippen MR) is 116 cm³/mol. The van der Waals surface area contributed by atoms with Crippen molar-refractivity contribution in [1.82, 2.24) is 15.0 Å². The molecule has 1 saturated carbocycles. The van der Waals surface area contributed by atoms with Gasteiger partial charge in [0.25, 0.3) is 0 Å². The Morgan fingerprint density at radius 3 is 2.83 bits per heavy atom. The minimum absolute atomic E-state index is 0.0774. The first kappa shape index (κ1) is 20.6. The Bertz CT molecular complexity index is 1080. The molecule has 0 spiro atoms. The molecule has 1 aliphatic rings. The number of ketones is 1. The molecule has 2 heterocycles. The van der Waals surface area contributed by atoms with Gasteiger partial charge in [0.05, 0.1) is 22.2 Å². The second kappa shape index (κ2) is 8.59. The van der Waals surface area contributed by atoms with Crippen LogP contribution >= 0.6 is 11.9 Å². The van der Waals surface area contributed by atoms with Crippen LogP contribution < -0.4 is 10.0 Å². The van der Waals surface area contributed by atoms with Crippen LogP contribution in [0.25, 0.3) is 11.0 Å². The van der Waals surface area contributed by atoms with E-state index in [1.807, 2.05) is 13.8 Å². The van der Waals surface area contributed by atoms with E-state index >= 15 is 4.39 Å². The van der Waals surface area contributed by atoms with Crippen LogP contribution in [-0.2, 0) is 0 Å². The first-order valence-corrected chi connectivity index (χ1v) is 10.9. The highest BCUT2D eigenvalue weighted by Crippen LogP contribution is 2.32. The molecule has 0 atom stereocenters. The van der Waals surface area contributed by atoms with Gasteiger partial charge in [-0.15, -0.1) is 0 Å². The Kier molecular flexibility index (Phi) is 5.90. The highest BCUT2D eigenvalue weighted by Gasteiger charge is 2.27. The number of nitrogens with one attached hydrogen (secondary N) is 3. The molecule has 0 bridgehead atoms. The lowest BCUT2D eigenvalue weighted by atomic mass is 10.0. The van der Waals surface area contributed by atoms with Gasteiger partial charge in [0.2, 0.25) is 5.78 Å². The zero-order valence-corrected chi connectivity index (χ0v) is 17.6. The van der Waals surface area contributed by atoms with E-state index in [-0.39, 0.29) is 11.3 Å². The second-order valence-corrected chi connectivity index (χ2v) is 8.72. The van der Waals surface area contributed by atoms with E-state index in [9.17, 15) is 9.18 Å². The van der Waals surface area contributed by atoms with Gasteiger partial charge in [-0.2, -0.15) is 0 Å². The lowest BCUT2D eigenvalue weighted by Gasteiger charge is -2.12. The molecule has 6 nitrogen and oxygen atoms in total. The molecule has 0 radical (unpaired) electrons. The van der Waals surface area contributed by atoms with Gasteiger partial charge in [-0.1, -0.05) is 25.8 Å². The average molecular weight is 432 g/mol. The zero-order valence-electron chi connectivity index (χ0n) is 16.8. The number of nitrogens with zero attached hydrogens (tertiary/aromatic N) is 2. The molecule has 1 aromatic carbocycles. The van der Waals surface area contributed by atoms with Crippen molar-refractivity contribution in [3.63, 3.8) is 0 Å². The summed E-state index contributed by atoms with van der Waals surface area (Å²) in [4.78, 5) is 24.5. The Labute approximate surface area is 177 Å². The van der Waals surface area contributed by atoms with Crippen LogP contribution in [0.5, 0.6) is 0 Å². The molecule has 3 aromatic rings. The summed E-state index contributed by atoms with van der Waals surface area (Å²) in [6.07, 6.45) is 5.13. The van der Waals surface area contributed by atoms with Crippen molar-refractivity contribution < 1.29 is 13.6 Å². The number of anilines is 2. The van der Waals surface area contributed by atoms with Crippen LogP contribution in [0.1, 0.15) is 42.6 Å². The molecule has 0 unspecified atom stereocenters. The van der Waals surface area contributed by atoms with Crippen LogP contribution in [-0.4, -0.2) is 33.0 Å². The first-order chi connectivity index (χ1) is 14.5. The maximum atomic E-state index is 15.1. The van der Waals surface area contributed by atoms with Gasteiger partial charge in [-0.3, -0.25) is 4.79 Å². The SMILES string of the molecule is CC(C)CSNc1ccc(F)c(C(=O)c2c[nH]c3ncnc(NCC4CC4)c23)c1F. The smallest absolute Gasteiger partial charge is 0.201 e. The summed E-state index contributed by atoms with van der Waals surface area (Å²) in [5, 5.41) is 3.67. The van der Waals surface area contributed by atoms with E-state index in [1.165, 1.54) is 30.5 Å². The maximum Gasteiger partial charge on any atom is 0.201 e. The van der Waals surface area contributed by atoms with Crippen molar-refractivity contribution in [2.24, 2.45) is 11.8 Å². The van der Waals surface area contributed by atoms with Gasteiger partial charge in [-0.25, -0.2) is 18.7 Å². The van der Waals surface area contributed by atoms with Crippen LogP contribution in [0.15, 0.2) is 24.7 Å². The number of aromatic amines is 1. The Hall–Kier alpha value is -2.68. The number of carbonyl (C=O) groups is 1. The van der Waals surface area contributed by atoms with E-state index in [4.69, 9.17) is 0 Å². The Morgan fingerprint density at radius 2 is 2.10 bits per heavy atom. The molecule has 0 amide bonds. The normalized spacial score (nSPS) is 13.8. The predicted octanol–water partition coefficient (Wildman–Crippen LogP) is 5.01. The van der Waals surface area contributed by atoms with Crippen molar-refractivity contribution >= 4 is 40.3 Å². The van der Waals surface area contributed by atoms with Crippen molar-refractivity contribution in [1.29, 1.82) is 0 Å². The first-order valence-electron chi connectivity index (χ1n) is 9.92. The largest absolute Gasteiger partial charge is 0.369 e. The van der Waals surface area contributed by atoms with Gasteiger partial charge >= 0.3 is 0 Å². The molecule has 1 aliphatic carbocycles. The third kappa shape index (κ3) is 4.26. The van der Waals surface area contributed by atoms with E-state index in [1.54, 1.807) is 0 Å². The number of hydrogen-bond donors (Lipinski definition) is 3. The lowest BCUT2D eigenvalue weighted by Crippen LogP contribution is -2.11.